The highest BCUT2D eigenvalue weighted by molar-refractivity contribution is 6.07. The Hall–Kier alpha value is -2.62. The summed E-state index contributed by atoms with van der Waals surface area (Å²) in [5.74, 6) is -0.0327. The molecule has 0 fully saturated rings. The maximum atomic E-state index is 11.9. The van der Waals surface area contributed by atoms with Gasteiger partial charge in [0.25, 0.3) is 5.91 Å². The van der Waals surface area contributed by atoms with Crippen LogP contribution >= 0.6 is 0 Å². The van der Waals surface area contributed by atoms with Gasteiger partial charge in [-0.1, -0.05) is 30.3 Å². The molecule has 0 aliphatic heterocycles. The highest BCUT2D eigenvalue weighted by atomic mass is 16.3. The van der Waals surface area contributed by atoms with Gasteiger partial charge in [0.05, 0.1) is 5.71 Å². The summed E-state index contributed by atoms with van der Waals surface area (Å²) in [7, 11) is 0. The smallest absolute Gasteiger partial charge is 0.271 e. The van der Waals surface area contributed by atoms with E-state index in [1.807, 2.05) is 18.2 Å². The molecule has 1 amide bonds. The highest BCUT2D eigenvalue weighted by Crippen LogP contribution is 2.29. The molecule has 100 valence electrons. The van der Waals surface area contributed by atoms with E-state index in [2.05, 4.69) is 10.5 Å². The number of carbonyl (C=O) groups excluding carboxylic acids is 1. The number of fused-ring (bicyclic) bond motifs is 1. The summed E-state index contributed by atoms with van der Waals surface area (Å²) < 4.78 is 0. The number of benzene rings is 2. The average molecular weight is 266 g/mol. The Balaban J connectivity index is 1.81. The monoisotopic (exact) mass is 266 g/mol. The molecule has 2 N–H and O–H groups in total. The molecule has 0 heterocycles. The lowest BCUT2D eigenvalue weighted by Crippen LogP contribution is -2.19. The topological polar surface area (TPSA) is 61.7 Å². The van der Waals surface area contributed by atoms with Crippen LogP contribution in [0.4, 0.5) is 0 Å². The van der Waals surface area contributed by atoms with Crippen LogP contribution in [0.2, 0.25) is 0 Å². The number of nitrogens with one attached hydrogen (secondary N) is 1. The van der Waals surface area contributed by atoms with Crippen molar-refractivity contribution in [1.29, 1.82) is 0 Å². The molecule has 0 spiro atoms. The van der Waals surface area contributed by atoms with Crippen LogP contribution in [0.25, 0.3) is 0 Å². The Kier molecular flexibility index (Phi) is 3.21. The van der Waals surface area contributed by atoms with Crippen molar-refractivity contribution in [3.05, 3.63) is 65.2 Å². The SMILES string of the molecule is O=C(N/N=C1\CCc2cccc(O)c21)c1ccccc1. The molecule has 2 aromatic rings. The molecule has 0 saturated carbocycles. The summed E-state index contributed by atoms with van der Waals surface area (Å²) in [4.78, 5) is 11.9. The van der Waals surface area contributed by atoms with E-state index in [9.17, 15) is 9.90 Å². The lowest BCUT2D eigenvalue weighted by Gasteiger charge is -2.04. The Morgan fingerprint density at radius 2 is 1.85 bits per heavy atom. The molecular weight excluding hydrogens is 252 g/mol. The van der Waals surface area contributed by atoms with E-state index in [1.165, 1.54) is 0 Å². The van der Waals surface area contributed by atoms with Crippen LogP contribution in [0, 0.1) is 0 Å². The number of hydrogen-bond acceptors (Lipinski definition) is 3. The molecule has 0 aromatic heterocycles. The minimum atomic E-state index is -0.248. The van der Waals surface area contributed by atoms with Crippen LogP contribution in [-0.4, -0.2) is 16.7 Å². The van der Waals surface area contributed by atoms with Gasteiger partial charge in [-0.3, -0.25) is 4.79 Å². The lowest BCUT2D eigenvalue weighted by molar-refractivity contribution is 0.0955. The molecule has 4 heteroatoms. The quantitative estimate of drug-likeness (QED) is 0.820. The van der Waals surface area contributed by atoms with E-state index in [0.29, 0.717) is 5.56 Å². The molecule has 1 aliphatic rings. The third-order valence-electron chi connectivity index (χ3n) is 3.38. The van der Waals surface area contributed by atoms with E-state index >= 15 is 0 Å². The van der Waals surface area contributed by atoms with Gasteiger partial charge >= 0.3 is 0 Å². The Labute approximate surface area is 116 Å². The zero-order chi connectivity index (χ0) is 13.9. The Morgan fingerprint density at radius 3 is 2.65 bits per heavy atom. The van der Waals surface area contributed by atoms with Crippen molar-refractivity contribution in [3.63, 3.8) is 0 Å². The summed E-state index contributed by atoms with van der Waals surface area (Å²) in [6.07, 6.45) is 1.56. The molecule has 0 bridgehead atoms. The van der Waals surface area contributed by atoms with Crippen molar-refractivity contribution in [2.75, 3.05) is 0 Å². The first-order valence-corrected chi connectivity index (χ1v) is 6.49. The van der Waals surface area contributed by atoms with Crippen LogP contribution < -0.4 is 5.43 Å². The van der Waals surface area contributed by atoms with Gasteiger partial charge < -0.3 is 5.11 Å². The molecule has 0 saturated heterocycles. The molecule has 4 nitrogen and oxygen atoms in total. The average Bonchev–Trinajstić information content (AvgIpc) is 2.90. The van der Waals surface area contributed by atoms with E-state index in [0.717, 1.165) is 29.7 Å². The maximum Gasteiger partial charge on any atom is 0.271 e. The van der Waals surface area contributed by atoms with E-state index in [-0.39, 0.29) is 11.7 Å². The number of hydrogen-bond donors (Lipinski definition) is 2. The first kappa shape index (κ1) is 12.4. The lowest BCUT2D eigenvalue weighted by atomic mass is 10.1. The van der Waals surface area contributed by atoms with Gasteiger partial charge in [0, 0.05) is 11.1 Å². The van der Waals surface area contributed by atoms with Gasteiger partial charge in [-0.25, -0.2) is 5.43 Å². The molecule has 20 heavy (non-hydrogen) atoms. The fraction of sp³-hybridized carbons (Fsp3) is 0.125. The highest BCUT2D eigenvalue weighted by Gasteiger charge is 2.21. The van der Waals surface area contributed by atoms with Crippen molar-refractivity contribution in [3.8, 4) is 5.75 Å². The van der Waals surface area contributed by atoms with Crippen LogP contribution in [0.15, 0.2) is 53.6 Å². The molecular formula is C16H14N2O2. The zero-order valence-corrected chi connectivity index (χ0v) is 10.8. The number of carbonyl (C=O) groups is 1. The second kappa shape index (κ2) is 5.17. The van der Waals surface area contributed by atoms with Crippen LogP contribution in [-0.2, 0) is 6.42 Å². The third kappa shape index (κ3) is 2.28. The molecule has 1 aliphatic carbocycles. The summed E-state index contributed by atoms with van der Waals surface area (Å²) >= 11 is 0. The Bertz CT molecular complexity index is 678. The number of aryl methyl sites for hydroxylation is 1. The van der Waals surface area contributed by atoms with Crippen molar-refractivity contribution >= 4 is 11.6 Å². The molecule has 3 rings (SSSR count). The minimum Gasteiger partial charge on any atom is -0.507 e. The standard InChI is InChI=1S/C16H14N2O2/c19-14-8-4-7-11-9-10-13(15(11)14)17-18-16(20)12-5-2-1-3-6-12/h1-8,19H,9-10H2,(H,18,20)/b17-13+. The summed E-state index contributed by atoms with van der Waals surface area (Å²) in [6, 6.07) is 14.4. The Morgan fingerprint density at radius 1 is 1.05 bits per heavy atom. The number of hydrazone groups is 1. The van der Waals surface area contributed by atoms with Gasteiger partial charge in [-0.15, -0.1) is 0 Å². The predicted molar refractivity (Wildman–Crippen MR) is 76.9 cm³/mol. The largest absolute Gasteiger partial charge is 0.507 e. The van der Waals surface area contributed by atoms with Crippen molar-refractivity contribution in [2.45, 2.75) is 12.8 Å². The number of nitrogens with zero attached hydrogens (tertiary/aromatic N) is 1. The number of phenolic OH excluding ortho intramolecular Hbond substituents is 1. The normalized spacial score (nSPS) is 15.1. The van der Waals surface area contributed by atoms with Gasteiger partial charge in [0.1, 0.15) is 5.75 Å². The first-order valence-electron chi connectivity index (χ1n) is 6.49. The molecule has 0 atom stereocenters. The zero-order valence-electron chi connectivity index (χ0n) is 10.8. The van der Waals surface area contributed by atoms with Crippen LogP contribution in [0.1, 0.15) is 27.9 Å². The number of phenols is 1. The third-order valence-corrected chi connectivity index (χ3v) is 3.38. The van der Waals surface area contributed by atoms with E-state index in [4.69, 9.17) is 0 Å². The fourth-order valence-electron chi connectivity index (χ4n) is 2.39. The van der Waals surface area contributed by atoms with Gasteiger partial charge in [-0.05, 0) is 36.6 Å². The van der Waals surface area contributed by atoms with Crippen LogP contribution in [0.3, 0.4) is 0 Å². The van der Waals surface area contributed by atoms with Gasteiger partial charge in [-0.2, -0.15) is 5.10 Å². The van der Waals surface area contributed by atoms with Crippen molar-refractivity contribution in [2.24, 2.45) is 5.10 Å². The fourth-order valence-corrected chi connectivity index (χ4v) is 2.39. The number of rotatable bonds is 2. The summed E-state index contributed by atoms with van der Waals surface area (Å²) in [6.45, 7) is 0. The maximum absolute atomic E-state index is 11.9. The van der Waals surface area contributed by atoms with Crippen molar-refractivity contribution < 1.29 is 9.90 Å². The molecule has 0 radical (unpaired) electrons. The number of amides is 1. The van der Waals surface area contributed by atoms with E-state index in [1.54, 1.807) is 30.3 Å². The predicted octanol–water partition coefficient (Wildman–Crippen LogP) is 2.47. The molecule has 0 unspecified atom stereocenters. The molecule has 2 aromatic carbocycles. The second-order valence-electron chi connectivity index (χ2n) is 4.68. The summed E-state index contributed by atoms with van der Waals surface area (Å²) in [5, 5.41) is 14.0. The minimum absolute atomic E-state index is 0.215. The van der Waals surface area contributed by atoms with Gasteiger partial charge in [0.15, 0.2) is 0 Å². The van der Waals surface area contributed by atoms with Crippen LogP contribution in [0.5, 0.6) is 5.75 Å². The second-order valence-corrected chi connectivity index (χ2v) is 4.68. The van der Waals surface area contributed by atoms with E-state index < -0.39 is 0 Å². The van der Waals surface area contributed by atoms with Gasteiger partial charge in [0.2, 0.25) is 0 Å². The number of aromatic hydroxyl groups is 1. The summed E-state index contributed by atoms with van der Waals surface area (Å²) in [5.41, 5.74) is 5.65. The van der Waals surface area contributed by atoms with Crippen molar-refractivity contribution in [1.82, 2.24) is 5.43 Å². The first-order chi connectivity index (χ1) is 9.75.